The summed E-state index contributed by atoms with van der Waals surface area (Å²) in [5.74, 6) is 2.11. The van der Waals surface area contributed by atoms with Gasteiger partial charge in [0.25, 0.3) is 0 Å². The number of pyridine rings is 1. The second-order valence-electron chi connectivity index (χ2n) is 6.75. The molecule has 0 saturated heterocycles. The van der Waals surface area contributed by atoms with Crippen molar-refractivity contribution >= 4 is 0 Å². The third-order valence-corrected chi connectivity index (χ3v) is 4.05. The van der Waals surface area contributed by atoms with Gasteiger partial charge in [0.1, 0.15) is 0 Å². The van der Waals surface area contributed by atoms with Crippen LogP contribution >= 0.6 is 0 Å². The molecule has 4 heteroatoms. The van der Waals surface area contributed by atoms with E-state index in [0.717, 1.165) is 37.2 Å². The Morgan fingerprint density at radius 2 is 1.91 bits per heavy atom. The smallest absolute Gasteiger partial charge is 0.223 e. The zero-order valence-corrected chi connectivity index (χ0v) is 13.8. The Labute approximate surface area is 137 Å². The zero-order valence-electron chi connectivity index (χ0n) is 13.8. The monoisotopic (exact) mass is 312 g/mol. The average molecular weight is 312 g/mol. The van der Waals surface area contributed by atoms with Gasteiger partial charge in [-0.15, -0.1) is 0 Å². The minimum atomic E-state index is 0.133. The maximum absolute atomic E-state index is 6.06. The molecule has 1 aromatic carbocycles. The number of aromatic nitrogens is 1. The normalized spacial score (nSPS) is 18.0. The number of benzene rings is 1. The molecule has 1 aromatic heterocycles. The topological polar surface area (TPSA) is 43.4 Å². The SMILES string of the molecule is CC1(C)CCCNCc2cccnc2Oc2ccccc2OC1. The molecule has 0 amide bonds. The van der Waals surface area contributed by atoms with Crippen LogP contribution in [0.2, 0.25) is 0 Å². The van der Waals surface area contributed by atoms with Crippen molar-refractivity contribution in [3.05, 3.63) is 48.2 Å². The molecule has 2 heterocycles. The zero-order chi connectivity index (χ0) is 16.1. The van der Waals surface area contributed by atoms with Crippen molar-refractivity contribution in [3.63, 3.8) is 0 Å². The second-order valence-corrected chi connectivity index (χ2v) is 6.75. The maximum Gasteiger partial charge on any atom is 0.223 e. The lowest BCUT2D eigenvalue weighted by molar-refractivity contribution is 0.163. The second kappa shape index (κ2) is 7.01. The van der Waals surface area contributed by atoms with Crippen LogP contribution in [0.5, 0.6) is 17.4 Å². The van der Waals surface area contributed by atoms with Gasteiger partial charge in [-0.25, -0.2) is 4.98 Å². The van der Waals surface area contributed by atoms with Crippen LogP contribution in [-0.2, 0) is 6.54 Å². The van der Waals surface area contributed by atoms with Crippen molar-refractivity contribution in [2.75, 3.05) is 13.2 Å². The Hall–Kier alpha value is -2.07. The van der Waals surface area contributed by atoms with Gasteiger partial charge >= 0.3 is 0 Å². The highest BCUT2D eigenvalue weighted by atomic mass is 16.5. The van der Waals surface area contributed by atoms with E-state index in [-0.39, 0.29) is 5.41 Å². The maximum atomic E-state index is 6.06. The first-order valence-corrected chi connectivity index (χ1v) is 8.18. The number of rotatable bonds is 0. The number of para-hydroxylation sites is 2. The Morgan fingerprint density at radius 1 is 1.09 bits per heavy atom. The molecule has 1 aliphatic rings. The van der Waals surface area contributed by atoms with Gasteiger partial charge in [-0.2, -0.15) is 0 Å². The molecule has 2 aromatic rings. The molecule has 1 N–H and O–H groups in total. The number of hydrogen-bond donors (Lipinski definition) is 1. The van der Waals surface area contributed by atoms with Gasteiger partial charge < -0.3 is 14.8 Å². The average Bonchev–Trinajstić information content (AvgIpc) is 2.55. The summed E-state index contributed by atoms with van der Waals surface area (Å²) >= 11 is 0. The van der Waals surface area contributed by atoms with E-state index in [1.165, 1.54) is 0 Å². The quantitative estimate of drug-likeness (QED) is 0.793. The van der Waals surface area contributed by atoms with E-state index in [1.807, 2.05) is 36.4 Å². The van der Waals surface area contributed by atoms with E-state index in [2.05, 4.69) is 24.1 Å². The van der Waals surface area contributed by atoms with Gasteiger partial charge in [0.05, 0.1) is 6.61 Å². The Morgan fingerprint density at radius 3 is 2.78 bits per heavy atom. The summed E-state index contributed by atoms with van der Waals surface area (Å²) in [5, 5.41) is 3.48. The molecule has 0 fully saturated rings. The summed E-state index contributed by atoms with van der Waals surface area (Å²) in [4.78, 5) is 4.38. The minimum Gasteiger partial charge on any atom is -0.489 e. The van der Waals surface area contributed by atoms with Crippen LogP contribution in [0.15, 0.2) is 42.6 Å². The summed E-state index contributed by atoms with van der Waals surface area (Å²) in [7, 11) is 0. The van der Waals surface area contributed by atoms with Crippen molar-refractivity contribution in [1.82, 2.24) is 10.3 Å². The van der Waals surface area contributed by atoms with Gasteiger partial charge in [0.2, 0.25) is 5.88 Å². The summed E-state index contributed by atoms with van der Waals surface area (Å²) in [5.41, 5.74) is 1.19. The van der Waals surface area contributed by atoms with Gasteiger partial charge in [-0.1, -0.05) is 32.0 Å². The predicted octanol–water partition coefficient (Wildman–Crippen LogP) is 4.16. The third kappa shape index (κ3) is 4.23. The number of nitrogens with zero attached hydrogens (tertiary/aromatic N) is 1. The standard InChI is InChI=1S/C19H24N2O2/c1-19(2)10-6-11-20-13-15-7-5-12-21-18(15)23-17-9-4-3-8-16(17)22-14-19/h3-5,7-9,12,20H,6,10-11,13-14H2,1-2H3. The van der Waals surface area contributed by atoms with Crippen LogP contribution in [0.4, 0.5) is 0 Å². The van der Waals surface area contributed by atoms with Crippen molar-refractivity contribution in [1.29, 1.82) is 0 Å². The minimum absolute atomic E-state index is 0.133. The number of ether oxygens (including phenoxy) is 2. The predicted molar refractivity (Wildman–Crippen MR) is 91.0 cm³/mol. The Kier molecular flexibility index (Phi) is 4.82. The van der Waals surface area contributed by atoms with Crippen LogP contribution in [0.25, 0.3) is 0 Å². The number of fused-ring (bicyclic) bond motifs is 2. The fraction of sp³-hybridized carbons (Fsp3) is 0.421. The molecule has 0 spiro atoms. The molecule has 0 saturated carbocycles. The molecule has 0 aliphatic carbocycles. The highest BCUT2D eigenvalue weighted by Gasteiger charge is 2.20. The van der Waals surface area contributed by atoms with Crippen LogP contribution in [0.1, 0.15) is 32.3 Å². The lowest BCUT2D eigenvalue weighted by Gasteiger charge is -2.25. The fourth-order valence-corrected chi connectivity index (χ4v) is 2.67. The van der Waals surface area contributed by atoms with Crippen molar-refractivity contribution in [3.8, 4) is 17.4 Å². The first-order chi connectivity index (χ1) is 11.1. The van der Waals surface area contributed by atoms with Crippen LogP contribution in [-0.4, -0.2) is 18.1 Å². The van der Waals surface area contributed by atoms with Gasteiger partial charge in [0.15, 0.2) is 11.5 Å². The Bertz CT molecular complexity index is 655. The summed E-state index contributed by atoms with van der Waals surface area (Å²) in [6, 6.07) is 11.8. The molecular formula is C19H24N2O2. The Balaban J connectivity index is 1.91. The van der Waals surface area contributed by atoms with Crippen molar-refractivity contribution < 1.29 is 9.47 Å². The molecule has 23 heavy (non-hydrogen) atoms. The molecule has 0 atom stereocenters. The molecule has 1 aliphatic heterocycles. The molecule has 122 valence electrons. The molecule has 3 rings (SSSR count). The summed E-state index contributed by atoms with van der Waals surface area (Å²) in [6.07, 6.45) is 3.99. The lowest BCUT2D eigenvalue weighted by Crippen LogP contribution is -2.23. The molecule has 4 nitrogen and oxygen atoms in total. The van der Waals surface area contributed by atoms with Crippen molar-refractivity contribution in [2.45, 2.75) is 33.2 Å². The largest absolute Gasteiger partial charge is 0.489 e. The first kappa shape index (κ1) is 15.8. The lowest BCUT2D eigenvalue weighted by atomic mass is 9.89. The van der Waals surface area contributed by atoms with Gasteiger partial charge in [-0.05, 0) is 43.0 Å². The van der Waals surface area contributed by atoms with Gasteiger partial charge in [0, 0.05) is 18.3 Å². The summed E-state index contributed by atoms with van der Waals surface area (Å²) < 4.78 is 12.1. The van der Waals surface area contributed by atoms with E-state index in [4.69, 9.17) is 9.47 Å². The van der Waals surface area contributed by atoms with E-state index in [1.54, 1.807) is 6.20 Å². The molecule has 0 unspecified atom stereocenters. The highest BCUT2D eigenvalue weighted by Crippen LogP contribution is 2.34. The number of nitrogens with one attached hydrogen (secondary N) is 1. The van der Waals surface area contributed by atoms with E-state index < -0.39 is 0 Å². The van der Waals surface area contributed by atoms with Crippen LogP contribution in [0, 0.1) is 5.41 Å². The van der Waals surface area contributed by atoms with E-state index in [0.29, 0.717) is 18.2 Å². The number of hydrogen-bond acceptors (Lipinski definition) is 4. The van der Waals surface area contributed by atoms with Crippen LogP contribution < -0.4 is 14.8 Å². The fourth-order valence-electron chi connectivity index (χ4n) is 2.67. The first-order valence-electron chi connectivity index (χ1n) is 8.18. The van der Waals surface area contributed by atoms with E-state index in [9.17, 15) is 0 Å². The molecular weight excluding hydrogens is 288 g/mol. The third-order valence-electron chi connectivity index (χ3n) is 4.05. The highest BCUT2D eigenvalue weighted by molar-refractivity contribution is 5.43. The van der Waals surface area contributed by atoms with E-state index >= 15 is 0 Å². The summed E-state index contributed by atoms with van der Waals surface area (Å²) in [6.45, 7) is 6.89. The molecule has 0 bridgehead atoms. The molecule has 0 radical (unpaired) electrons. The van der Waals surface area contributed by atoms with Crippen LogP contribution in [0.3, 0.4) is 0 Å². The van der Waals surface area contributed by atoms with Crippen molar-refractivity contribution in [2.24, 2.45) is 5.41 Å². The van der Waals surface area contributed by atoms with Gasteiger partial charge in [-0.3, -0.25) is 0 Å².